The van der Waals surface area contributed by atoms with Crippen molar-refractivity contribution in [2.45, 2.75) is 26.6 Å². The molecule has 0 aliphatic rings. The van der Waals surface area contributed by atoms with Crippen molar-refractivity contribution in [1.82, 2.24) is 9.97 Å². The van der Waals surface area contributed by atoms with E-state index in [0.29, 0.717) is 27.4 Å². The molecule has 3 rings (SSSR count). The number of aromatic nitrogens is 2. The smallest absolute Gasteiger partial charge is 0.338 e. The standard InChI is InChI=1S/C17H16N2O4S/c1-10(2)23-12-5-3-11(4-6-12)17(21)22-9-14-18-13-7-8-24-15(13)16(20)19-14/h3-8,10H,9H2,1-2H3,(H,18,19,20). The van der Waals surface area contributed by atoms with Crippen LogP contribution >= 0.6 is 11.3 Å². The van der Waals surface area contributed by atoms with Crippen LogP contribution in [0.4, 0.5) is 0 Å². The fourth-order valence-corrected chi connectivity index (χ4v) is 2.87. The number of benzene rings is 1. The summed E-state index contributed by atoms with van der Waals surface area (Å²) in [4.78, 5) is 30.8. The third-order valence-electron chi connectivity index (χ3n) is 3.17. The van der Waals surface area contributed by atoms with E-state index in [4.69, 9.17) is 9.47 Å². The van der Waals surface area contributed by atoms with Gasteiger partial charge in [0.2, 0.25) is 0 Å². The third-order valence-corrected chi connectivity index (χ3v) is 4.07. The lowest BCUT2D eigenvalue weighted by Gasteiger charge is -2.10. The molecular formula is C17H16N2O4S. The summed E-state index contributed by atoms with van der Waals surface area (Å²) in [5.74, 6) is 0.522. The Kier molecular flexibility index (Phi) is 4.61. The van der Waals surface area contributed by atoms with Gasteiger partial charge < -0.3 is 14.5 Å². The highest BCUT2D eigenvalue weighted by Crippen LogP contribution is 2.16. The molecule has 124 valence electrons. The number of esters is 1. The van der Waals surface area contributed by atoms with E-state index in [1.807, 2.05) is 13.8 Å². The minimum Gasteiger partial charge on any atom is -0.491 e. The van der Waals surface area contributed by atoms with Crippen molar-refractivity contribution in [2.75, 3.05) is 0 Å². The second kappa shape index (κ2) is 6.84. The van der Waals surface area contributed by atoms with Crippen LogP contribution in [0.1, 0.15) is 30.0 Å². The van der Waals surface area contributed by atoms with Crippen molar-refractivity contribution >= 4 is 27.5 Å². The van der Waals surface area contributed by atoms with Crippen molar-refractivity contribution in [3.63, 3.8) is 0 Å². The first kappa shape index (κ1) is 16.2. The molecule has 0 fully saturated rings. The molecule has 1 N–H and O–H groups in total. The third kappa shape index (κ3) is 3.62. The summed E-state index contributed by atoms with van der Waals surface area (Å²) >= 11 is 1.32. The van der Waals surface area contributed by atoms with Crippen molar-refractivity contribution < 1.29 is 14.3 Å². The molecule has 0 aliphatic heterocycles. The van der Waals surface area contributed by atoms with Crippen molar-refractivity contribution in [2.24, 2.45) is 0 Å². The molecule has 2 aromatic heterocycles. The Labute approximate surface area is 142 Å². The van der Waals surface area contributed by atoms with Crippen LogP contribution in [0.5, 0.6) is 5.75 Å². The lowest BCUT2D eigenvalue weighted by molar-refractivity contribution is 0.0462. The van der Waals surface area contributed by atoms with Crippen molar-refractivity contribution in [1.29, 1.82) is 0 Å². The maximum Gasteiger partial charge on any atom is 0.338 e. The van der Waals surface area contributed by atoms with Gasteiger partial charge in [0.25, 0.3) is 5.56 Å². The molecule has 0 saturated heterocycles. The number of carbonyl (C=O) groups is 1. The molecule has 0 aliphatic carbocycles. The Bertz CT molecular complexity index is 912. The number of hydrogen-bond acceptors (Lipinski definition) is 6. The molecule has 1 aromatic carbocycles. The number of nitrogens with one attached hydrogen (secondary N) is 1. The van der Waals surface area contributed by atoms with Gasteiger partial charge >= 0.3 is 5.97 Å². The van der Waals surface area contributed by atoms with Gasteiger partial charge in [-0.25, -0.2) is 9.78 Å². The Balaban J connectivity index is 1.67. The lowest BCUT2D eigenvalue weighted by Crippen LogP contribution is -2.13. The van der Waals surface area contributed by atoms with Crippen LogP contribution in [0.15, 0.2) is 40.5 Å². The Morgan fingerprint density at radius 1 is 1.25 bits per heavy atom. The van der Waals surface area contributed by atoms with E-state index >= 15 is 0 Å². The maximum atomic E-state index is 12.1. The molecule has 7 heteroatoms. The van der Waals surface area contributed by atoms with Crippen LogP contribution in [-0.2, 0) is 11.3 Å². The second-order valence-electron chi connectivity index (χ2n) is 5.41. The molecule has 0 spiro atoms. The molecule has 0 radical (unpaired) electrons. The van der Waals surface area contributed by atoms with E-state index in [0.717, 1.165) is 0 Å². The Hall–Kier alpha value is -2.67. The molecular weight excluding hydrogens is 328 g/mol. The van der Waals surface area contributed by atoms with Gasteiger partial charge in [-0.15, -0.1) is 11.3 Å². The van der Waals surface area contributed by atoms with Gasteiger partial charge in [0, 0.05) is 0 Å². The number of thiophene rings is 1. The quantitative estimate of drug-likeness (QED) is 0.719. The predicted molar refractivity (Wildman–Crippen MR) is 91.6 cm³/mol. The van der Waals surface area contributed by atoms with Crippen molar-refractivity contribution in [3.05, 3.63) is 57.5 Å². The zero-order valence-electron chi connectivity index (χ0n) is 13.2. The number of carbonyl (C=O) groups excluding carboxylic acids is 1. The Morgan fingerprint density at radius 3 is 2.71 bits per heavy atom. The number of rotatable bonds is 5. The number of H-pyrrole nitrogens is 1. The average Bonchev–Trinajstić information content (AvgIpc) is 3.02. The minimum atomic E-state index is -0.487. The van der Waals surface area contributed by atoms with Gasteiger partial charge in [-0.3, -0.25) is 4.79 Å². The number of nitrogens with zero attached hydrogens (tertiary/aromatic N) is 1. The van der Waals surface area contributed by atoms with Crippen molar-refractivity contribution in [3.8, 4) is 5.75 Å². The molecule has 6 nitrogen and oxygen atoms in total. The summed E-state index contributed by atoms with van der Waals surface area (Å²) in [5, 5.41) is 1.80. The van der Waals surface area contributed by atoms with E-state index < -0.39 is 5.97 Å². The molecule has 0 bridgehead atoms. The second-order valence-corrected chi connectivity index (χ2v) is 6.33. The predicted octanol–water partition coefficient (Wildman–Crippen LogP) is 3.13. The highest BCUT2D eigenvalue weighted by Gasteiger charge is 2.10. The van der Waals surface area contributed by atoms with Gasteiger partial charge in [-0.1, -0.05) is 0 Å². The average molecular weight is 344 g/mol. The van der Waals surface area contributed by atoms with E-state index in [1.165, 1.54) is 11.3 Å². The molecule has 0 saturated carbocycles. The summed E-state index contributed by atoms with van der Waals surface area (Å²) in [7, 11) is 0. The zero-order valence-corrected chi connectivity index (χ0v) is 14.1. The summed E-state index contributed by atoms with van der Waals surface area (Å²) in [6.07, 6.45) is 0.0673. The summed E-state index contributed by atoms with van der Waals surface area (Å²) in [6, 6.07) is 8.47. The van der Waals surface area contributed by atoms with Crippen LogP contribution in [-0.4, -0.2) is 22.0 Å². The van der Waals surface area contributed by atoms with Gasteiger partial charge in [0.05, 0.1) is 17.2 Å². The number of ether oxygens (including phenoxy) is 2. The fourth-order valence-electron chi connectivity index (χ4n) is 2.15. The van der Waals surface area contributed by atoms with E-state index in [9.17, 15) is 9.59 Å². The van der Waals surface area contributed by atoms with Gasteiger partial charge in [0.15, 0.2) is 0 Å². The lowest BCUT2D eigenvalue weighted by atomic mass is 10.2. The van der Waals surface area contributed by atoms with Crippen LogP contribution in [0.25, 0.3) is 10.2 Å². The highest BCUT2D eigenvalue weighted by molar-refractivity contribution is 7.17. The zero-order chi connectivity index (χ0) is 17.1. The van der Waals surface area contributed by atoms with Crippen LogP contribution in [0.3, 0.4) is 0 Å². The Morgan fingerprint density at radius 2 is 2.00 bits per heavy atom. The molecule has 0 atom stereocenters. The summed E-state index contributed by atoms with van der Waals surface area (Å²) in [5.41, 5.74) is 0.784. The van der Waals surface area contributed by atoms with Gasteiger partial charge in [-0.2, -0.15) is 0 Å². The minimum absolute atomic E-state index is 0.0673. The van der Waals surface area contributed by atoms with Gasteiger partial charge in [0.1, 0.15) is 22.9 Å². The molecule has 0 amide bonds. The summed E-state index contributed by atoms with van der Waals surface area (Å²) in [6.45, 7) is 3.77. The van der Waals surface area contributed by atoms with E-state index in [-0.39, 0.29) is 18.3 Å². The monoisotopic (exact) mass is 344 g/mol. The van der Waals surface area contributed by atoms with E-state index in [2.05, 4.69) is 9.97 Å². The van der Waals surface area contributed by atoms with Gasteiger partial charge in [-0.05, 0) is 49.6 Å². The number of aromatic amines is 1. The number of hydrogen-bond donors (Lipinski definition) is 1. The largest absolute Gasteiger partial charge is 0.491 e. The first-order valence-corrected chi connectivity index (χ1v) is 8.31. The number of fused-ring (bicyclic) bond motifs is 1. The molecule has 24 heavy (non-hydrogen) atoms. The van der Waals surface area contributed by atoms with Crippen LogP contribution < -0.4 is 10.3 Å². The molecule has 3 aromatic rings. The van der Waals surface area contributed by atoms with Crippen LogP contribution in [0, 0.1) is 0 Å². The first-order valence-electron chi connectivity index (χ1n) is 7.43. The van der Waals surface area contributed by atoms with E-state index in [1.54, 1.807) is 35.7 Å². The maximum absolute atomic E-state index is 12.1. The summed E-state index contributed by atoms with van der Waals surface area (Å²) < 4.78 is 11.3. The molecule has 0 unspecified atom stereocenters. The topological polar surface area (TPSA) is 81.3 Å². The SMILES string of the molecule is CC(C)Oc1ccc(C(=O)OCc2nc3ccsc3c(=O)[nH]2)cc1. The normalized spacial score (nSPS) is 11.0. The van der Waals surface area contributed by atoms with Crippen LogP contribution in [0.2, 0.25) is 0 Å². The first-order chi connectivity index (χ1) is 11.5. The highest BCUT2D eigenvalue weighted by atomic mass is 32.1. The molecule has 2 heterocycles. The fraction of sp³-hybridized carbons (Fsp3) is 0.235.